The maximum atomic E-state index is 12.7. The number of morpholine rings is 1. The molecule has 0 bridgehead atoms. The Balaban J connectivity index is 1.75. The van der Waals surface area contributed by atoms with Crippen LogP contribution in [0, 0.1) is 0 Å². The first kappa shape index (κ1) is 20.0. The van der Waals surface area contributed by atoms with Crippen LogP contribution in [0.4, 0.5) is 0 Å². The van der Waals surface area contributed by atoms with E-state index in [0.717, 1.165) is 43.3 Å². The van der Waals surface area contributed by atoms with E-state index in [0.29, 0.717) is 12.5 Å². The molecule has 2 aliphatic heterocycles. The van der Waals surface area contributed by atoms with Crippen molar-refractivity contribution in [1.29, 1.82) is 0 Å². The molecule has 0 aliphatic carbocycles. The quantitative estimate of drug-likeness (QED) is 0.773. The van der Waals surface area contributed by atoms with Crippen LogP contribution in [0.3, 0.4) is 0 Å². The summed E-state index contributed by atoms with van der Waals surface area (Å²) < 4.78 is 13.6. The van der Waals surface area contributed by atoms with Crippen molar-refractivity contribution in [2.75, 3.05) is 19.8 Å². The number of hydrogen-bond acceptors (Lipinski definition) is 5. The van der Waals surface area contributed by atoms with Gasteiger partial charge in [-0.15, -0.1) is 0 Å². The van der Waals surface area contributed by atoms with E-state index in [9.17, 15) is 4.79 Å². The van der Waals surface area contributed by atoms with Crippen LogP contribution < -0.4 is 0 Å². The summed E-state index contributed by atoms with van der Waals surface area (Å²) in [5.41, 5.74) is 1.05. The van der Waals surface area contributed by atoms with E-state index >= 15 is 0 Å². The van der Waals surface area contributed by atoms with Gasteiger partial charge >= 0.3 is 0 Å². The molecule has 1 aromatic heterocycles. The molecule has 1 aromatic carbocycles. The van der Waals surface area contributed by atoms with E-state index in [1.807, 2.05) is 41.6 Å². The zero-order valence-corrected chi connectivity index (χ0v) is 17.5. The van der Waals surface area contributed by atoms with Gasteiger partial charge in [-0.25, -0.2) is 9.67 Å². The van der Waals surface area contributed by atoms with E-state index < -0.39 is 0 Å². The largest absolute Gasteiger partial charge is 0.381 e. The lowest BCUT2D eigenvalue weighted by Crippen LogP contribution is -2.49. The van der Waals surface area contributed by atoms with Gasteiger partial charge in [-0.2, -0.15) is 5.10 Å². The molecule has 2 fully saturated rings. The monoisotopic (exact) mass is 398 g/mol. The maximum absolute atomic E-state index is 12.7. The highest BCUT2D eigenvalue weighted by Crippen LogP contribution is 2.41. The van der Waals surface area contributed by atoms with E-state index in [4.69, 9.17) is 19.6 Å². The Morgan fingerprint density at radius 2 is 1.90 bits per heavy atom. The lowest BCUT2D eigenvalue weighted by atomic mass is 9.95. The van der Waals surface area contributed by atoms with Gasteiger partial charge in [-0.3, -0.25) is 4.79 Å². The molecular formula is C22H30N4O3. The molecule has 7 heteroatoms. The number of aromatic nitrogens is 3. The van der Waals surface area contributed by atoms with Crippen LogP contribution in [0.15, 0.2) is 30.3 Å². The van der Waals surface area contributed by atoms with Crippen LogP contribution in [0.5, 0.6) is 0 Å². The second-order valence-corrected chi connectivity index (χ2v) is 8.01. The minimum Gasteiger partial charge on any atom is -0.381 e. The first-order valence-electron chi connectivity index (χ1n) is 10.6. The van der Waals surface area contributed by atoms with Gasteiger partial charge in [-0.05, 0) is 39.2 Å². The van der Waals surface area contributed by atoms with E-state index in [1.165, 1.54) is 0 Å². The molecule has 0 unspecified atom stereocenters. The molecule has 3 heterocycles. The molecule has 0 spiro atoms. The Hall–Kier alpha value is -2.25. The summed E-state index contributed by atoms with van der Waals surface area (Å²) in [6, 6.07) is 9.94. The molecule has 0 radical (unpaired) electrons. The summed E-state index contributed by atoms with van der Waals surface area (Å²) in [6.07, 6.45) is 1.54. The van der Waals surface area contributed by atoms with Crippen molar-refractivity contribution in [3.8, 4) is 0 Å². The van der Waals surface area contributed by atoms with Crippen molar-refractivity contribution in [3.05, 3.63) is 47.5 Å². The Bertz CT molecular complexity index is 830. The number of carbonyl (C=O) groups is 1. The maximum Gasteiger partial charge on any atom is 0.249 e. The number of nitrogens with zero attached hydrogens (tertiary/aromatic N) is 4. The van der Waals surface area contributed by atoms with Crippen molar-refractivity contribution < 1.29 is 14.3 Å². The van der Waals surface area contributed by atoms with Crippen LogP contribution >= 0.6 is 0 Å². The highest BCUT2D eigenvalue weighted by molar-refractivity contribution is 5.79. The van der Waals surface area contributed by atoms with Gasteiger partial charge in [0.2, 0.25) is 5.91 Å². The Kier molecular flexibility index (Phi) is 5.96. The van der Waals surface area contributed by atoms with Crippen molar-refractivity contribution in [3.63, 3.8) is 0 Å². The normalized spacial score (nSPS) is 23.7. The van der Waals surface area contributed by atoms with E-state index in [-0.39, 0.29) is 30.7 Å². The minimum atomic E-state index is -0.349. The highest BCUT2D eigenvalue weighted by atomic mass is 16.5. The molecule has 0 saturated carbocycles. The third-order valence-electron chi connectivity index (χ3n) is 5.82. The SMILES string of the molecule is CCn1nc(C2CCOCC2)nc1[C@H]1OCC(=O)N(C(C)C)[C@@H]1c1ccccc1. The molecule has 2 atom stereocenters. The van der Waals surface area contributed by atoms with Crippen molar-refractivity contribution >= 4 is 5.91 Å². The van der Waals surface area contributed by atoms with Crippen molar-refractivity contribution in [2.45, 2.75) is 64.3 Å². The third kappa shape index (κ3) is 3.94. The molecule has 2 aliphatic rings. The van der Waals surface area contributed by atoms with Crippen LogP contribution in [-0.2, 0) is 20.8 Å². The topological polar surface area (TPSA) is 69.5 Å². The minimum absolute atomic E-state index is 0.0114. The first-order chi connectivity index (χ1) is 14.1. The molecule has 156 valence electrons. The van der Waals surface area contributed by atoms with Crippen molar-refractivity contribution in [2.24, 2.45) is 0 Å². The summed E-state index contributed by atoms with van der Waals surface area (Å²) >= 11 is 0. The van der Waals surface area contributed by atoms with Crippen LogP contribution in [0.25, 0.3) is 0 Å². The molecule has 7 nitrogen and oxygen atoms in total. The van der Waals surface area contributed by atoms with Crippen LogP contribution in [-0.4, -0.2) is 51.4 Å². The second-order valence-electron chi connectivity index (χ2n) is 8.01. The zero-order valence-electron chi connectivity index (χ0n) is 17.5. The average Bonchev–Trinajstić information content (AvgIpc) is 3.19. The lowest BCUT2D eigenvalue weighted by Gasteiger charge is -2.43. The predicted molar refractivity (Wildman–Crippen MR) is 108 cm³/mol. The Labute approximate surface area is 172 Å². The van der Waals surface area contributed by atoms with Crippen LogP contribution in [0.1, 0.15) is 68.9 Å². The summed E-state index contributed by atoms with van der Waals surface area (Å²) in [7, 11) is 0. The number of ether oxygens (including phenoxy) is 2. The summed E-state index contributed by atoms with van der Waals surface area (Å²) in [4.78, 5) is 19.6. The fraction of sp³-hybridized carbons (Fsp3) is 0.591. The zero-order chi connectivity index (χ0) is 20.4. The van der Waals surface area contributed by atoms with Crippen LogP contribution in [0.2, 0.25) is 0 Å². The van der Waals surface area contributed by atoms with Gasteiger partial charge < -0.3 is 14.4 Å². The number of rotatable bonds is 5. The Morgan fingerprint density at radius 3 is 2.55 bits per heavy atom. The Morgan fingerprint density at radius 1 is 1.17 bits per heavy atom. The number of hydrogen-bond donors (Lipinski definition) is 0. The second kappa shape index (κ2) is 8.63. The molecular weight excluding hydrogens is 368 g/mol. The number of benzene rings is 1. The highest BCUT2D eigenvalue weighted by Gasteiger charge is 2.42. The molecule has 1 amide bonds. The molecule has 0 N–H and O–H groups in total. The summed E-state index contributed by atoms with van der Waals surface area (Å²) in [6.45, 7) is 8.45. The lowest BCUT2D eigenvalue weighted by molar-refractivity contribution is -0.162. The standard InChI is InChI=1S/C22H30N4O3/c1-4-25-22(23-21(24-25)17-10-12-28-13-11-17)20-19(16-8-6-5-7-9-16)26(15(2)3)18(27)14-29-20/h5-9,15,17,19-20H,4,10-14H2,1-3H3/t19-,20+/m1/s1. The fourth-order valence-electron chi connectivity index (χ4n) is 4.38. The molecule has 2 saturated heterocycles. The predicted octanol–water partition coefficient (Wildman–Crippen LogP) is 3.24. The van der Waals surface area contributed by atoms with Gasteiger partial charge in [-0.1, -0.05) is 30.3 Å². The summed E-state index contributed by atoms with van der Waals surface area (Å²) in [5, 5.41) is 4.81. The number of amides is 1. The molecule has 29 heavy (non-hydrogen) atoms. The van der Waals surface area contributed by atoms with Crippen molar-refractivity contribution in [1.82, 2.24) is 19.7 Å². The van der Waals surface area contributed by atoms with Gasteiger partial charge in [0.15, 0.2) is 11.6 Å². The average molecular weight is 399 g/mol. The fourth-order valence-corrected chi connectivity index (χ4v) is 4.38. The van der Waals surface area contributed by atoms with E-state index in [2.05, 4.69) is 19.1 Å². The third-order valence-corrected chi connectivity index (χ3v) is 5.82. The molecule has 4 rings (SSSR count). The van der Waals surface area contributed by atoms with Gasteiger partial charge in [0.25, 0.3) is 0 Å². The van der Waals surface area contributed by atoms with E-state index in [1.54, 1.807) is 0 Å². The number of aryl methyl sites for hydroxylation is 1. The number of carbonyl (C=O) groups excluding carboxylic acids is 1. The smallest absolute Gasteiger partial charge is 0.249 e. The molecule has 2 aromatic rings. The first-order valence-corrected chi connectivity index (χ1v) is 10.6. The van der Waals surface area contributed by atoms with Gasteiger partial charge in [0.1, 0.15) is 12.7 Å². The van der Waals surface area contributed by atoms with Gasteiger partial charge in [0.05, 0.1) is 6.04 Å². The summed E-state index contributed by atoms with van der Waals surface area (Å²) in [5.74, 6) is 2.00. The van der Waals surface area contributed by atoms with Gasteiger partial charge in [0, 0.05) is 31.7 Å².